The zero-order valence-corrected chi connectivity index (χ0v) is 17.3. The maximum Gasteiger partial charge on any atom is 0.303 e. The Kier molecular flexibility index (Phi) is 8.58. The number of piperazine rings is 1. The largest absolute Gasteiger partial charge is 0.508 e. The Bertz CT molecular complexity index is 838. The molecule has 1 unspecified atom stereocenters. The van der Waals surface area contributed by atoms with Crippen LogP contribution in [0.3, 0.4) is 0 Å². The van der Waals surface area contributed by atoms with Crippen molar-refractivity contribution in [1.29, 1.82) is 0 Å². The van der Waals surface area contributed by atoms with Gasteiger partial charge in [-0.15, -0.1) is 17.5 Å². The molecule has 1 fully saturated rings. The Morgan fingerprint density at radius 3 is 2.50 bits per heavy atom. The highest BCUT2D eigenvalue weighted by Gasteiger charge is 2.29. The van der Waals surface area contributed by atoms with Gasteiger partial charge in [-0.1, -0.05) is 17.3 Å². The number of hydrogen-bond acceptors (Lipinski definition) is 7. The second kappa shape index (κ2) is 10.9. The van der Waals surface area contributed by atoms with Crippen LogP contribution in [0.5, 0.6) is 5.75 Å². The van der Waals surface area contributed by atoms with Crippen molar-refractivity contribution in [3.05, 3.63) is 41.7 Å². The summed E-state index contributed by atoms with van der Waals surface area (Å²) in [5, 5.41) is 29.8. The number of phenolic OH excluding ortho intramolecular Hbond substituents is 1. The van der Waals surface area contributed by atoms with Crippen LogP contribution >= 0.6 is 12.4 Å². The average molecular weight is 439 g/mol. The number of aliphatic carboxylic acids is 1. The number of carboxylic acids is 1. The first-order chi connectivity index (χ1) is 13.9. The second-order valence-corrected chi connectivity index (χ2v) is 7.12. The molecule has 30 heavy (non-hydrogen) atoms. The number of aromatic hydroxyl groups is 1. The topological polar surface area (TPSA) is 147 Å². The van der Waals surface area contributed by atoms with Gasteiger partial charge >= 0.3 is 5.97 Å². The number of nitrogens with zero attached hydrogens (tertiary/aromatic N) is 4. The number of carboxylic acid groups (broad SMARTS) is 1. The van der Waals surface area contributed by atoms with E-state index >= 15 is 0 Å². The molecule has 1 aromatic heterocycles. The van der Waals surface area contributed by atoms with Crippen LogP contribution < -0.4 is 11.1 Å². The smallest absolute Gasteiger partial charge is 0.303 e. The molecule has 1 aliphatic rings. The maximum atomic E-state index is 13.0. The van der Waals surface area contributed by atoms with Crippen molar-refractivity contribution < 1.29 is 19.8 Å². The first-order valence-corrected chi connectivity index (χ1v) is 9.60. The van der Waals surface area contributed by atoms with Crippen LogP contribution in [-0.2, 0) is 16.0 Å². The Labute approximate surface area is 180 Å². The number of amides is 1. The monoisotopic (exact) mass is 438 g/mol. The number of halogens is 1. The van der Waals surface area contributed by atoms with Gasteiger partial charge in [0.1, 0.15) is 11.8 Å². The van der Waals surface area contributed by atoms with Gasteiger partial charge in [-0.25, -0.2) is 4.68 Å². The molecule has 0 bridgehead atoms. The van der Waals surface area contributed by atoms with Crippen LogP contribution in [0.2, 0.25) is 0 Å². The lowest BCUT2D eigenvalue weighted by atomic mass is 10.0. The minimum Gasteiger partial charge on any atom is -0.508 e. The number of phenols is 1. The summed E-state index contributed by atoms with van der Waals surface area (Å²) >= 11 is 0. The standard InChI is InChI=1S/C19H26N6O4.ClH/c20-15(11-13-1-3-14(26)4-2-13)16-12-25(23-22-16)17(5-6-18(27)28)19(29)24-9-7-21-8-10-24;/h1-4,12,15,17,21,26H,5-11,20H2,(H,27,28);1H/t15?,17-;/m0./s1. The normalized spacial score (nSPS) is 15.8. The molecular formula is C19H27ClN6O4. The number of aromatic nitrogens is 3. The van der Waals surface area contributed by atoms with Crippen LogP contribution in [0.15, 0.2) is 30.5 Å². The van der Waals surface area contributed by atoms with Gasteiger partial charge in [-0.3, -0.25) is 9.59 Å². The van der Waals surface area contributed by atoms with Gasteiger partial charge in [0.2, 0.25) is 5.91 Å². The first kappa shape index (κ1) is 23.6. The van der Waals surface area contributed by atoms with E-state index in [4.69, 9.17) is 10.8 Å². The van der Waals surface area contributed by atoms with E-state index in [9.17, 15) is 14.7 Å². The molecule has 2 atom stereocenters. The fraction of sp³-hybridized carbons (Fsp3) is 0.474. The number of carbonyl (C=O) groups is 2. The van der Waals surface area contributed by atoms with E-state index in [0.29, 0.717) is 38.3 Å². The summed E-state index contributed by atoms with van der Waals surface area (Å²) in [7, 11) is 0. The van der Waals surface area contributed by atoms with E-state index < -0.39 is 18.1 Å². The van der Waals surface area contributed by atoms with Crippen molar-refractivity contribution in [2.45, 2.75) is 31.3 Å². The molecule has 1 aliphatic heterocycles. The van der Waals surface area contributed by atoms with Crippen molar-refractivity contribution in [3.8, 4) is 5.75 Å². The van der Waals surface area contributed by atoms with E-state index in [1.807, 2.05) is 0 Å². The summed E-state index contributed by atoms with van der Waals surface area (Å²) in [6.45, 7) is 2.56. The summed E-state index contributed by atoms with van der Waals surface area (Å²) in [6.07, 6.45) is 2.10. The molecule has 1 saturated heterocycles. The lowest BCUT2D eigenvalue weighted by Crippen LogP contribution is -2.48. The molecule has 1 amide bonds. The van der Waals surface area contributed by atoms with Crippen molar-refractivity contribution in [2.24, 2.45) is 5.73 Å². The van der Waals surface area contributed by atoms with Gasteiger partial charge in [0, 0.05) is 32.6 Å². The molecule has 2 aromatic rings. The minimum absolute atomic E-state index is 0. The van der Waals surface area contributed by atoms with Gasteiger partial charge in [-0.05, 0) is 30.5 Å². The first-order valence-electron chi connectivity index (χ1n) is 9.60. The summed E-state index contributed by atoms with van der Waals surface area (Å²) in [5.41, 5.74) is 7.70. The number of nitrogens with one attached hydrogen (secondary N) is 1. The number of rotatable bonds is 8. The minimum atomic E-state index is -0.965. The summed E-state index contributed by atoms with van der Waals surface area (Å²) in [6, 6.07) is 5.57. The van der Waals surface area contributed by atoms with Gasteiger partial charge in [0.15, 0.2) is 0 Å². The van der Waals surface area contributed by atoms with Crippen LogP contribution in [0, 0.1) is 0 Å². The number of benzene rings is 1. The maximum absolute atomic E-state index is 13.0. The van der Waals surface area contributed by atoms with Gasteiger partial charge in [-0.2, -0.15) is 0 Å². The molecule has 0 spiro atoms. The Hall–Kier alpha value is -2.69. The third-order valence-electron chi connectivity index (χ3n) is 4.96. The fourth-order valence-electron chi connectivity index (χ4n) is 3.33. The van der Waals surface area contributed by atoms with Crippen molar-refractivity contribution in [3.63, 3.8) is 0 Å². The lowest BCUT2D eigenvalue weighted by molar-refractivity contribution is -0.139. The van der Waals surface area contributed by atoms with Crippen LogP contribution in [0.1, 0.15) is 36.2 Å². The molecular weight excluding hydrogens is 412 g/mol. The van der Waals surface area contributed by atoms with Crippen molar-refractivity contribution in [2.75, 3.05) is 26.2 Å². The van der Waals surface area contributed by atoms with Gasteiger partial charge < -0.3 is 26.2 Å². The molecule has 0 radical (unpaired) electrons. The van der Waals surface area contributed by atoms with E-state index in [0.717, 1.165) is 5.56 Å². The third kappa shape index (κ3) is 6.15. The van der Waals surface area contributed by atoms with E-state index in [1.165, 1.54) is 4.68 Å². The highest BCUT2D eigenvalue weighted by molar-refractivity contribution is 5.85. The molecule has 0 aliphatic carbocycles. The van der Waals surface area contributed by atoms with Crippen LogP contribution in [0.25, 0.3) is 0 Å². The Morgan fingerprint density at radius 2 is 1.87 bits per heavy atom. The second-order valence-electron chi connectivity index (χ2n) is 7.12. The summed E-state index contributed by atoms with van der Waals surface area (Å²) in [4.78, 5) is 25.8. The lowest BCUT2D eigenvalue weighted by Gasteiger charge is -2.30. The third-order valence-corrected chi connectivity index (χ3v) is 4.96. The highest BCUT2D eigenvalue weighted by atomic mass is 35.5. The predicted octanol–water partition coefficient (Wildman–Crippen LogP) is 0.486. The quantitative estimate of drug-likeness (QED) is 0.465. The van der Waals surface area contributed by atoms with E-state index in [2.05, 4.69) is 15.6 Å². The Balaban J connectivity index is 0.00000320. The molecule has 5 N–H and O–H groups in total. The zero-order valence-electron chi connectivity index (χ0n) is 16.5. The van der Waals surface area contributed by atoms with Crippen LogP contribution in [-0.4, -0.2) is 68.2 Å². The fourth-order valence-corrected chi connectivity index (χ4v) is 3.33. The molecule has 3 rings (SSSR count). The van der Waals surface area contributed by atoms with Crippen LogP contribution in [0.4, 0.5) is 0 Å². The molecule has 1 aromatic carbocycles. The van der Waals surface area contributed by atoms with Crippen molar-refractivity contribution >= 4 is 24.3 Å². The van der Waals surface area contributed by atoms with E-state index in [1.54, 1.807) is 35.4 Å². The molecule has 0 saturated carbocycles. The molecule has 164 valence electrons. The predicted molar refractivity (Wildman–Crippen MR) is 111 cm³/mol. The average Bonchev–Trinajstić information content (AvgIpc) is 3.20. The van der Waals surface area contributed by atoms with Gasteiger partial charge in [0.25, 0.3) is 0 Å². The zero-order chi connectivity index (χ0) is 20.8. The SMILES string of the molecule is Cl.NC(Cc1ccc(O)cc1)c1cn([C@@H](CCC(=O)O)C(=O)N2CCNCC2)nn1. The van der Waals surface area contributed by atoms with Gasteiger partial charge in [0.05, 0.1) is 17.9 Å². The number of carbonyl (C=O) groups excluding carboxylic acids is 1. The van der Waals surface area contributed by atoms with Crippen molar-refractivity contribution in [1.82, 2.24) is 25.2 Å². The number of hydrogen-bond donors (Lipinski definition) is 4. The molecule has 2 heterocycles. The Morgan fingerprint density at radius 1 is 1.20 bits per heavy atom. The summed E-state index contributed by atoms with van der Waals surface area (Å²) in [5.74, 6) is -0.940. The number of nitrogens with two attached hydrogens (primary N) is 1. The molecule has 11 heteroatoms. The van der Waals surface area contributed by atoms with E-state index in [-0.39, 0.29) is 36.9 Å². The summed E-state index contributed by atoms with van der Waals surface area (Å²) < 4.78 is 1.43. The highest BCUT2D eigenvalue weighted by Crippen LogP contribution is 2.21. The molecule has 10 nitrogen and oxygen atoms in total.